The van der Waals surface area contributed by atoms with Crippen molar-refractivity contribution in [2.24, 2.45) is 0 Å². The lowest BCUT2D eigenvalue weighted by Crippen LogP contribution is -2.22. The third-order valence-electron chi connectivity index (χ3n) is 4.16. The number of carbonyl (C=O) groups is 1. The summed E-state index contributed by atoms with van der Waals surface area (Å²) in [7, 11) is 0.827. The van der Waals surface area contributed by atoms with Gasteiger partial charge < -0.3 is 13.8 Å². The number of hydrogen-bond donors (Lipinski definition) is 0. The summed E-state index contributed by atoms with van der Waals surface area (Å²) < 4.78 is 19.2. The van der Waals surface area contributed by atoms with Gasteiger partial charge in [-0.05, 0) is 62.4 Å². The molecule has 2 aromatic rings. The van der Waals surface area contributed by atoms with Crippen molar-refractivity contribution < 1.29 is 23.5 Å². The lowest BCUT2D eigenvalue weighted by atomic mass is 10.1. The summed E-state index contributed by atoms with van der Waals surface area (Å²) >= 11 is 0. The third kappa shape index (κ3) is 5.11. The Morgan fingerprint density at radius 1 is 1.29 bits per heavy atom. The predicted octanol–water partition coefficient (Wildman–Crippen LogP) is 4.69. The second-order valence-corrected chi connectivity index (χ2v) is 8.00. The normalized spacial score (nSPS) is 17.3. The molecule has 9 heteroatoms. The first-order chi connectivity index (χ1) is 13.4. The zero-order valence-corrected chi connectivity index (χ0v) is 16.6. The number of ketones is 1. The second kappa shape index (κ2) is 9.21. The molecule has 0 amide bonds. The quantitative estimate of drug-likeness (QED) is 0.286. The van der Waals surface area contributed by atoms with Crippen molar-refractivity contribution >= 4 is 20.0 Å². The zero-order chi connectivity index (χ0) is 20.1. The van der Waals surface area contributed by atoms with E-state index in [0.29, 0.717) is 17.9 Å². The molecule has 0 bridgehead atoms. The molecule has 1 heterocycles. The maximum absolute atomic E-state index is 11.4. The molecule has 1 fully saturated rings. The molecule has 0 aromatic heterocycles. The molecule has 2 aromatic carbocycles. The Labute approximate surface area is 164 Å². The van der Waals surface area contributed by atoms with Gasteiger partial charge in [-0.2, -0.15) is 0 Å². The minimum atomic E-state index is -1.12. The predicted molar refractivity (Wildman–Crippen MR) is 105 cm³/mol. The average molecular weight is 404 g/mol. The Balaban J connectivity index is 1.75. The Morgan fingerprint density at radius 3 is 2.68 bits per heavy atom. The van der Waals surface area contributed by atoms with Crippen molar-refractivity contribution in [1.29, 1.82) is 0 Å². The molecule has 3 rings (SSSR count). The van der Waals surface area contributed by atoms with Gasteiger partial charge in [0, 0.05) is 18.2 Å². The largest absolute Gasteiger partial charge is 0.450 e. The summed E-state index contributed by atoms with van der Waals surface area (Å²) in [4.78, 5) is 22.2. The van der Waals surface area contributed by atoms with Crippen LogP contribution >= 0.6 is 8.53 Å². The minimum absolute atomic E-state index is 0.0616. The van der Waals surface area contributed by atoms with Gasteiger partial charge in [0.2, 0.25) is 5.75 Å². The molecule has 0 saturated carbocycles. The first-order valence-corrected chi connectivity index (χ1v) is 9.90. The summed E-state index contributed by atoms with van der Waals surface area (Å²) in [5.41, 5.74) is 1.14. The molecular weight excluding hydrogens is 383 g/mol. The van der Waals surface area contributed by atoms with Gasteiger partial charge in [-0.25, -0.2) is 4.67 Å². The van der Waals surface area contributed by atoms with E-state index in [4.69, 9.17) is 13.8 Å². The fraction of sp³-hybridized carbons (Fsp3) is 0.316. The summed E-state index contributed by atoms with van der Waals surface area (Å²) in [5, 5.41) is 11.3. The van der Waals surface area contributed by atoms with Crippen LogP contribution in [0.15, 0.2) is 42.5 Å². The number of rotatable bonds is 7. The van der Waals surface area contributed by atoms with Gasteiger partial charge in [0.15, 0.2) is 5.78 Å². The summed E-state index contributed by atoms with van der Waals surface area (Å²) in [6, 6.07) is 11.1. The molecule has 0 N–H and O–H groups in total. The van der Waals surface area contributed by atoms with Crippen LogP contribution in [0.4, 0.5) is 5.69 Å². The van der Waals surface area contributed by atoms with Gasteiger partial charge in [-0.1, -0.05) is 0 Å². The molecule has 1 aliphatic rings. The van der Waals surface area contributed by atoms with E-state index in [0.717, 1.165) is 18.5 Å². The number of ether oxygens (including phenoxy) is 1. The van der Waals surface area contributed by atoms with Gasteiger partial charge in [0.1, 0.15) is 5.75 Å². The van der Waals surface area contributed by atoms with Crippen LogP contribution in [0.3, 0.4) is 0 Å². The van der Waals surface area contributed by atoms with Crippen LogP contribution in [-0.2, 0) is 15.7 Å². The SMILES string of the molecule is CC(=O)c1ccc(Oc2cc(COP3OCCCN3C)ccc2[N+](=O)[O-])cc1. The van der Waals surface area contributed by atoms with Crippen LogP contribution in [0.5, 0.6) is 11.5 Å². The number of Topliss-reactive ketones (excluding diaryl/α,β-unsaturated/α-hetero) is 1. The van der Waals surface area contributed by atoms with Gasteiger partial charge in [-0.15, -0.1) is 0 Å². The highest BCUT2D eigenvalue weighted by Gasteiger charge is 2.23. The van der Waals surface area contributed by atoms with Crippen LogP contribution < -0.4 is 4.74 Å². The van der Waals surface area contributed by atoms with Crippen LogP contribution in [0.1, 0.15) is 29.3 Å². The summed E-state index contributed by atoms with van der Waals surface area (Å²) in [5.74, 6) is 0.465. The molecule has 1 atom stereocenters. The lowest BCUT2D eigenvalue weighted by molar-refractivity contribution is -0.385. The number of hydrogen-bond acceptors (Lipinski definition) is 7. The van der Waals surface area contributed by atoms with Crippen LogP contribution in [0, 0.1) is 10.1 Å². The lowest BCUT2D eigenvalue weighted by Gasteiger charge is -2.30. The number of nitro groups is 1. The fourth-order valence-electron chi connectivity index (χ4n) is 2.65. The van der Waals surface area contributed by atoms with E-state index in [1.165, 1.54) is 13.0 Å². The van der Waals surface area contributed by atoms with E-state index in [-0.39, 0.29) is 23.8 Å². The molecule has 28 heavy (non-hydrogen) atoms. The number of nitro benzene ring substituents is 1. The maximum atomic E-state index is 11.4. The van der Waals surface area contributed by atoms with Crippen molar-refractivity contribution in [1.82, 2.24) is 4.67 Å². The van der Waals surface area contributed by atoms with E-state index < -0.39 is 13.4 Å². The number of benzene rings is 2. The topological polar surface area (TPSA) is 91.1 Å². The Kier molecular flexibility index (Phi) is 6.70. The molecule has 1 aliphatic heterocycles. The highest BCUT2D eigenvalue weighted by molar-refractivity contribution is 7.44. The molecular formula is C19H21N2O6P. The van der Waals surface area contributed by atoms with Gasteiger partial charge in [-0.3, -0.25) is 14.9 Å². The second-order valence-electron chi connectivity index (χ2n) is 6.32. The van der Waals surface area contributed by atoms with Gasteiger partial charge in [0.05, 0.1) is 18.1 Å². The van der Waals surface area contributed by atoms with Crippen molar-refractivity contribution in [3.63, 3.8) is 0 Å². The Hall–Kier alpha value is -2.38. The van der Waals surface area contributed by atoms with E-state index >= 15 is 0 Å². The van der Waals surface area contributed by atoms with Crippen molar-refractivity contribution in [2.75, 3.05) is 20.2 Å². The monoisotopic (exact) mass is 404 g/mol. The van der Waals surface area contributed by atoms with Crippen LogP contribution in [-0.4, -0.2) is 35.6 Å². The number of carbonyl (C=O) groups excluding carboxylic acids is 1. The van der Waals surface area contributed by atoms with E-state index in [2.05, 4.69) is 0 Å². The van der Waals surface area contributed by atoms with Gasteiger partial charge in [0.25, 0.3) is 8.53 Å². The molecule has 8 nitrogen and oxygen atoms in total. The number of nitrogens with zero attached hydrogens (tertiary/aromatic N) is 2. The van der Waals surface area contributed by atoms with E-state index in [9.17, 15) is 14.9 Å². The van der Waals surface area contributed by atoms with Crippen molar-refractivity contribution in [3.05, 3.63) is 63.7 Å². The Morgan fingerprint density at radius 2 is 2.04 bits per heavy atom. The molecule has 148 valence electrons. The smallest absolute Gasteiger partial charge is 0.311 e. The fourth-order valence-corrected chi connectivity index (χ4v) is 3.97. The zero-order valence-electron chi connectivity index (χ0n) is 15.7. The first kappa shape index (κ1) is 20.4. The molecule has 1 saturated heterocycles. The maximum Gasteiger partial charge on any atom is 0.311 e. The van der Waals surface area contributed by atoms with Gasteiger partial charge >= 0.3 is 5.69 Å². The third-order valence-corrected chi connectivity index (χ3v) is 5.67. The highest BCUT2D eigenvalue weighted by atomic mass is 31.2. The molecule has 0 radical (unpaired) electrons. The van der Waals surface area contributed by atoms with Crippen molar-refractivity contribution in [3.8, 4) is 11.5 Å². The Bertz CT molecular complexity index is 858. The van der Waals surface area contributed by atoms with Crippen molar-refractivity contribution in [2.45, 2.75) is 20.0 Å². The molecule has 1 unspecified atom stereocenters. The average Bonchev–Trinajstić information content (AvgIpc) is 2.67. The van der Waals surface area contributed by atoms with Crippen LogP contribution in [0.25, 0.3) is 0 Å². The van der Waals surface area contributed by atoms with E-state index in [1.54, 1.807) is 36.4 Å². The minimum Gasteiger partial charge on any atom is -0.450 e. The molecule has 0 aliphatic carbocycles. The summed E-state index contributed by atoms with van der Waals surface area (Å²) in [6.45, 7) is 3.31. The highest BCUT2D eigenvalue weighted by Crippen LogP contribution is 2.45. The van der Waals surface area contributed by atoms with Crippen LogP contribution in [0.2, 0.25) is 0 Å². The molecule has 0 spiro atoms. The summed E-state index contributed by atoms with van der Waals surface area (Å²) in [6.07, 6.45) is 0.969. The standard InChI is InChI=1S/C19H21N2O6P/c1-14(22)16-5-7-17(8-6-16)27-19-12-15(4-9-18(19)21(23)24)13-26-28-20(2)10-3-11-25-28/h4-9,12H,3,10-11,13H2,1-2H3. The van der Waals surface area contributed by atoms with E-state index in [1.807, 2.05) is 11.7 Å². The first-order valence-electron chi connectivity index (χ1n) is 8.77.